The Bertz CT molecular complexity index is 553. The molecule has 19 heavy (non-hydrogen) atoms. The zero-order valence-corrected chi connectivity index (χ0v) is 11.9. The number of hydrogen-bond donors (Lipinski definition) is 2. The van der Waals surface area contributed by atoms with Crippen LogP contribution >= 0.6 is 11.3 Å². The molecule has 2 aromatic rings. The van der Waals surface area contributed by atoms with Gasteiger partial charge in [-0.15, -0.1) is 11.3 Å². The van der Waals surface area contributed by atoms with Crippen LogP contribution in [0.1, 0.15) is 6.92 Å². The molecule has 0 saturated heterocycles. The van der Waals surface area contributed by atoms with Crippen molar-refractivity contribution in [2.45, 2.75) is 13.0 Å². The average molecular weight is 278 g/mol. The second-order valence-electron chi connectivity index (χ2n) is 4.45. The van der Waals surface area contributed by atoms with Gasteiger partial charge in [-0.1, -0.05) is 0 Å². The molecular weight excluding hydrogens is 260 g/mol. The highest BCUT2D eigenvalue weighted by molar-refractivity contribution is 7.17. The van der Waals surface area contributed by atoms with Crippen molar-refractivity contribution in [3.8, 4) is 0 Å². The molecule has 2 N–H and O–H groups in total. The summed E-state index contributed by atoms with van der Waals surface area (Å²) in [5.74, 6) is -0.0324. The lowest BCUT2D eigenvalue weighted by Gasteiger charge is -2.13. The van der Waals surface area contributed by atoms with Gasteiger partial charge in [-0.05, 0) is 42.0 Å². The summed E-state index contributed by atoms with van der Waals surface area (Å²) in [6.45, 7) is 2.70. The number of carbonyl (C=O) groups is 1. The maximum absolute atomic E-state index is 11.7. The van der Waals surface area contributed by atoms with E-state index in [1.807, 2.05) is 13.0 Å². The van der Waals surface area contributed by atoms with Crippen LogP contribution in [-0.2, 0) is 9.53 Å². The molecule has 0 bridgehead atoms. The van der Waals surface area contributed by atoms with E-state index < -0.39 is 0 Å². The fourth-order valence-corrected chi connectivity index (χ4v) is 2.65. The van der Waals surface area contributed by atoms with Crippen LogP contribution in [-0.4, -0.2) is 32.2 Å². The van der Waals surface area contributed by atoms with E-state index >= 15 is 0 Å². The van der Waals surface area contributed by atoms with Crippen LogP contribution in [0.15, 0.2) is 29.6 Å². The number of amides is 1. The van der Waals surface area contributed by atoms with Gasteiger partial charge in [0.15, 0.2) is 0 Å². The van der Waals surface area contributed by atoms with Gasteiger partial charge in [0, 0.05) is 23.5 Å². The van der Waals surface area contributed by atoms with E-state index in [1.165, 1.54) is 10.1 Å². The van der Waals surface area contributed by atoms with Crippen LogP contribution in [0, 0.1) is 0 Å². The fraction of sp³-hybridized carbons (Fsp3) is 0.357. The molecule has 102 valence electrons. The minimum atomic E-state index is -0.0324. The molecule has 1 heterocycles. The van der Waals surface area contributed by atoms with Crippen molar-refractivity contribution in [3.05, 3.63) is 29.6 Å². The van der Waals surface area contributed by atoms with Gasteiger partial charge in [0.25, 0.3) is 0 Å². The highest BCUT2D eigenvalue weighted by Gasteiger charge is 2.06. The number of methoxy groups -OCH3 is 1. The Labute approximate surface area is 116 Å². The van der Waals surface area contributed by atoms with Gasteiger partial charge in [-0.2, -0.15) is 0 Å². The van der Waals surface area contributed by atoms with Gasteiger partial charge in [-0.25, -0.2) is 0 Å². The van der Waals surface area contributed by atoms with E-state index in [2.05, 4.69) is 34.2 Å². The van der Waals surface area contributed by atoms with Crippen LogP contribution in [0.2, 0.25) is 0 Å². The molecule has 1 aromatic carbocycles. The highest BCUT2D eigenvalue weighted by Crippen LogP contribution is 2.23. The van der Waals surface area contributed by atoms with Crippen LogP contribution in [0.5, 0.6) is 0 Å². The van der Waals surface area contributed by atoms with Gasteiger partial charge in [-0.3, -0.25) is 4.79 Å². The standard InChI is InChI=1S/C14H18N2O2S/c1-10(9-18-2)16-14(17)8-15-12-3-4-13-11(7-12)5-6-19-13/h3-7,10,15H,8-9H2,1-2H3,(H,16,17). The molecule has 1 amide bonds. The summed E-state index contributed by atoms with van der Waals surface area (Å²) in [5.41, 5.74) is 0.959. The molecule has 0 aliphatic rings. The van der Waals surface area contributed by atoms with E-state index in [9.17, 15) is 4.79 Å². The molecule has 5 heteroatoms. The van der Waals surface area contributed by atoms with E-state index in [0.29, 0.717) is 6.61 Å². The van der Waals surface area contributed by atoms with Crippen molar-refractivity contribution in [2.75, 3.05) is 25.6 Å². The van der Waals surface area contributed by atoms with Crippen LogP contribution < -0.4 is 10.6 Å². The number of ether oxygens (including phenoxy) is 1. The Kier molecular flexibility index (Phi) is 4.76. The van der Waals surface area contributed by atoms with Gasteiger partial charge in [0.05, 0.1) is 13.2 Å². The third-order valence-corrected chi connectivity index (χ3v) is 3.63. The zero-order chi connectivity index (χ0) is 13.7. The highest BCUT2D eigenvalue weighted by atomic mass is 32.1. The Hall–Kier alpha value is -1.59. The summed E-state index contributed by atoms with van der Waals surface area (Å²) in [6, 6.07) is 8.21. The smallest absolute Gasteiger partial charge is 0.239 e. The minimum absolute atomic E-state index is 0.0265. The third kappa shape index (κ3) is 3.94. The average Bonchev–Trinajstić information content (AvgIpc) is 2.83. The van der Waals surface area contributed by atoms with Crippen molar-refractivity contribution in [2.24, 2.45) is 0 Å². The van der Waals surface area contributed by atoms with E-state index in [0.717, 1.165) is 5.69 Å². The zero-order valence-electron chi connectivity index (χ0n) is 11.1. The Morgan fingerprint density at radius 1 is 1.42 bits per heavy atom. The van der Waals surface area contributed by atoms with Gasteiger partial charge in [0.1, 0.15) is 0 Å². The molecule has 0 spiro atoms. The topological polar surface area (TPSA) is 50.4 Å². The second kappa shape index (κ2) is 6.54. The third-order valence-electron chi connectivity index (χ3n) is 2.73. The predicted molar refractivity (Wildman–Crippen MR) is 79.8 cm³/mol. The molecule has 1 unspecified atom stereocenters. The summed E-state index contributed by atoms with van der Waals surface area (Å²) in [4.78, 5) is 11.7. The lowest BCUT2D eigenvalue weighted by Crippen LogP contribution is -2.39. The number of fused-ring (bicyclic) bond motifs is 1. The number of benzene rings is 1. The normalized spacial score (nSPS) is 12.3. The number of hydrogen-bond acceptors (Lipinski definition) is 4. The number of carbonyl (C=O) groups excluding carboxylic acids is 1. The van der Waals surface area contributed by atoms with Gasteiger partial charge >= 0.3 is 0 Å². The monoisotopic (exact) mass is 278 g/mol. The molecule has 4 nitrogen and oxygen atoms in total. The maximum atomic E-state index is 11.7. The van der Waals surface area contributed by atoms with E-state index in [-0.39, 0.29) is 18.5 Å². The molecule has 0 aliphatic heterocycles. The molecule has 0 radical (unpaired) electrons. The first-order chi connectivity index (χ1) is 9.19. The minimum Gasteiger partial charge on any atom is -0.383 e. The van der Waals surface area contributed by atoms with E-state index in [4.69, 9.17) is 4.74 Å². The quantitative estimate of drug-likeness (QED) is 0.853. The Morgan fingerprint density at radius 3 is 3.05 bits per heavy atom. The number of rotatable bonds is 6. The maximum Gasteiger partial charge on any atom is 0.239 e. The second-order valence-corrected chi connectivity index (χ2v) is 5.40. The molecule has 2 rings (SSSR count). The van der Waals surface area contributed by atoms with Crippen molar-refractivity contribution in [1.29, 1.82) is 0 Å². The molecule has 0 fully saturated rings. The summed E-state index contributed by atoms with van der Waals surface area (Å²) in [6.07, 6.45) is 0. The summed E-state index contributed by atoms with van der Waals surface area (Å²) in [5, 5.41) is 9.24. The summed E-state index contributed by atoms with van der Waals surface area (Å²) < 4.78 is 6.23. The van der Waals surface area contributed by atoms with Crippen molar-refractivity contribution in [1.82, 2.24) is 5.32 Å². The van der Waals surface area contributed by atoms with Crippen molar-refractivity contribution < 1.29 is 9.53 Å². The van der Waals surface area contributed by atoms with Crippen LogP contribution in [0.3, 0.4) is 0 Å². The first-order valence-electron chi connectivity index (χ1n) is 6.18. The number of anilines is 1. The Morgan fingerprint density at radius 2 is 2.26 bits per heavy atom. The first-order valence-corrected chi connectivity index (χ1v) is 7.06. The number of nitrogens with one attached hydrogen (secondary N) is 2. The molecule has 0 saturated carbocycles. The van der Waals surface area contributed by atoms with Gasteiger partial charge in [0.2, 0.25) is 5.91 Å². The summed E-state index contributed by atoms with van der Waals surface area (Å²) in [7, 11) is 1.62. The number of thiophene rings is 1. The molecule has 1 atom stereocenters. The summed E-state index contributed by atoms with van der Waals surface area (Å²) >= 11 is 1.71. The van der Waals surface area contributed by atoms with Crippen LogP contribution in [0.4, 0.5) is 5.69 Å². The van der Waals surface area contributed by atoms with Crippen molar-refractivity contribution >= 4 is 33.0 Å². The predicted octanol–water partition coefficient (Wildman–Crippen LogP) is 2.46. The SMILES string of the molecule is COCC(C)NC(=O)CNc1ccc2sccc2c1. The lowest BCUT2D eigenvalue weighted by molar-refractivity contribution is -0.120. The van der Waals surface area contributed by atoms with Crippen molar-refractivity contribution in [3.63, 3.8) is 0 Å². The van der Waals surface area contributed by atoms with Gasteiger partial charge < -0.3 is 15.4 Å². The molecular formula is C14H18N2O2S. The molecule has 0 aliphatic carbocycles. The lowest BCUT2D eigenvalue weighted by atomic mass is 10.2. The van der Waals surface area contributed by atoms with Crippen LogP contribution in [0.25, 0.3) is 10.1 Å². The molecule has 1 aromatic heterocycles. The Balaban J connectivity index is 1.85. The largest absolute Gasteiger partial charge is 0.383 e. The van der Waals surface area contributed by atoms with E-state index in [1.54, 1.807) is 18.4 Å². The fourth-order valence-electron chi connectivity index (χ4n) is 1.88. The first kappa shape index (κ1) is 13.8.